The average molecular weight is 1200 g/mol. The molecule has 12 N–H and O–H groups in total. The number of carbonyl (C=O) groups is 7. The molecular weight excluding hydrogens is 1140 g/mol. The standard InChI is InChI=1S/C13H26O2.2C8H7NO5.C8H8O2.C7H5NO5.2C7H6O3/c1-2-3-4-5-6-7-8-9-10-11-12-13(14)15;2*1-4-2-5(8(11)12)7(10)6(3-4)9(13)14;1-6-2-4-7(5-3-6)8(9)10;9-6-2-1-4(7(10)11)3-5(6)8(12)13;8-6-3-1-2-5(4-6)7(9)10;8-6-4-2-1-3-5(6)7(9)10/h2-12H2,1H3,(H,14,15);2*2-3,10H,1H3,(H,11,12);2-5H,1H3,(H,9,10);1-3,9H,(H,10,11);2*1-4,8H,(H,9,10). The van der Waals surface area contributed by atoms with Crippen LogP contribution in [0.1, 0.15) is 156 Å². The van der Waals surface area contributed by atoms with Gasteiger partial charge in [-0.1, -0.05) is 101 Å². The Morgan fingerprint density at radius 1 is 0.372 bits per heavy atom. The monoisotopic (exact) mass is 1200 g/mol. The van der Waals surface area contributed by atoms with Crippen LogP contribution in [0.5, 0.6) is 28.7 Å². The molecule has 6 aromatic carbocycles. The number of rotatable bonds is 20. The zero-order valence-corrected chi connectivity index (χ0v) is 46.8. The van der Waals surface area contributed by atoms with Gasteiger partial charge in [-0.25, -0.2) is 28.8 Å². The minimum Gasteiger partial charge on any atom is -0.508 e. The molecule has 0 spiro atoms. The van der Waals surface area contributed by atoms with Crippen molar-refractivity contribution in [2.24, 2.45) is 0 Å². The summed E-state index contributed by atoms with van der Waals surface area (Å²) < 4.78 is 0. The van der Waals surface area contributed by atoms with E-state index in [9.17, 15) is 74.1 Å². The highest BCUT2D eigenvalue weighted by Crippen LogP contribution is 2.32. The molecule has 0 saturated carbocycles. The van der Waals surface area contributed by atoms with Gasteiger partial charge in [-0.3, -0.25) is 35.1 Å². The van der Waals surface area contributed by atoms with Crippen molar-refractivity contribution in [2.45, 2.75) is 98.3 Å². The van der Waals surface area contributed by atoms with E-state index in [0.29, 0.717) is 23.1 Å². The van der Waals surface area contributed by atoms with E-state index in [2.05, 4.69) is 6.92 Å². The van der Waals surface area contributed by atoms with Crippen molar-refractivity contribution in [3.8, 4) is 28.7 Å². The minimum atomic E-state index is -1.39. The molecule has 0 saturated heterocycles. The van der Waals surface area contributed by atoms with Gasteiger partial charge in [-0.2, -0.15) is 0 Å². The van der Waals surface area contributed by atoms with Gasteiger partial charge in [-0.05, 0) is 105 Å². The summed E-state index contributed by atoms with van der Waals surface area (Å²) in [5, 5.41) is 136. The quantitative estimate of drug-likeness (QED) is 0.0192. The number of aliphatic carboxylic acids is 1. The Labute approximate surface area is 489 Å². The molecule has 0 unspecified atom stereocenters. The highest BCUT2D eigenvalue weighted by molar-refractivity contribution is 5.94. The van der Waals surface area contributed by atoms with Gasteiger partial charge < -0.3 is 61.3 Å². The number of para-hydroxylation sites is 1. The van der Waals surface area contributed by atoms with Crippen LogP contribution in [0, 0.1) is 51.1 Å². The fraction of sp³-hybridized carbons (Fsp3) is 0.259. The smallest absolute Gasteiger partial charge is 0.339 e. The van der Waals surface area contributed by atoms with Crippen molar-refractivity contribution in [2.75, 3.05) is 0 Å². The molecular formula is C58H65N3O25. The van der Waals surface area contributed by atoms with Crippen LogP contribution in [0.4, 0.5) is 17.1 Å². The molecule has 86 heavy (non-hydrogen) atoms. The van der Waals surface area contributed by atoms with Crippen molar-refractivity contribution in [1.82, 2.24) is 0 Å². The zero-order chi connectivity index (χ0) is 65.8. The number of hydrogen-bond donors (Lipinski definition) is 12. The molecule has 0 radical (unpaired) electrons. The predicted octanol–water partition coefficient (Wildman–Crippen LogP) is 11.9. The molecule has 6 rings (SSSR count). The summed E-state index contributed by atoms with van der Waals surface area (Å²) in [6.45, 7) is 7.19. The van der Waals surface area contributed by atoms with Crippen molar-refractivity contribution in [3.63, 3.8) is 0 Å². The second-order valence-corrected chi connectivity index (χ2v) is 17.9. The van der Waals surface area contributed by atoms with Crippen LogP contribution in [-0.4, -0.2) is 118 Å². The molecule has 0 heterocycles. The number of carboxylic acid groups (broad SMARTS) is 7. The fourth-order valence-electron chi connectivity index (χ4n) is 6.68. The van der Waals surface area contributed by atoms with Crippen LogP contribution in [0.2, 0.25) is 0 Å². The molecule has 0 aliphatic rings. The van der Waals surface area contributed by atoms with Crippen LogP contribution in [-0.2, 0) is 4.79 Å². The molecule has 0 fully saturated rings. The van der Waals surface area contributed by atoms with Crippen LogP contribution in [0.15, 0.2) is 115 Å². The molecule has 0 bridgehead atoms. The molecule has 6 aromatic rings. The van der Waals surface area contributed by atoms with Crippen molar-refractivity contribution in [1.29, 1.82) is 0 Å². The lowest BCUT2D eigenvalue weighted by molar-refractivity contribution is -0.386. The van der Waals surface area contributed by atoms with Gasteiger partial charge in [0, 0.05) is 24.6 Å². The molecule has 28 nitrogen and oxygen atoms in total. The van der Waals surface area contributed by atoms with E-state index in [4.69, 9.17) is 51.1 Å². The summed E-state index contributed by atoms with van der Waals surface area (Å²) >= 11 is 0. The SMILES string of the molecule is CCCCCCCCCCCCC(=O)O.Cc1cc(C(=O)O)c(O)c([N+](=O)[O-])c1.Cc1cc(C(=O)O)c(O)c([N+](=O)[O-])c1.Cc1ccc(C(=O)O)cc1.O=C(O)c1ccc(O)c([N+](=O)[O-])c1.O=C(O)c1cccc(O)c1.O=C(O)c1ccccc1O. The number of nitrogens with zero attached hydrogens (tertiary/aromatic N) is 3. The Kier molecular flexibility index (Phi) is 34.2. The van der Waals surface area contributed by atoms with Gasteiger partial charge in [0.05, 0.1) is 31.5 Å². The minimum absolute atomic E-state index is 0.0279. The number of aromatic hydroxyl groups is 5. The van der Waals surface area contributed by atoms with Crippen LogP contribution < -0.4 is 0 Å². The molecule has 0 amide bonds. The van der Waals surface area contributed by atoms with Crippen molar-refractivity contribution in [3.05, 3.63) is 196 Å². The Balaban J connectivity index is 0.000000985. The highest BCUT2D eigenvalue weighted by atomic mass is 16.6. The third kappa shape index (κ3) is 29.5. The van der Waals surface area contributed by atoms with Crippen LogP contribution in [0.3, 0.4) is 0 Å². The van der Waals surface area contributed by atoms with Crippen LogP contribution >= 0.6 is 0 Å². The number of phenolic OH excluding ortho intramolecular Hbond substituents is 2. The highest BCUT2D eigenvalue weighted by Gasteiger charge is 2.23. The van der Waals surface area contributed by atoms with E-state index in [1.54, 1.807) is 36.4 Å². The Hall–Kier alpha value is -11.2. The molecule has 462 valence electrons. The van der Waals surface area contributed by atoms with E-state index in [1.807, 2.05) is 6.92 Å². The molecule has 0 atom stereocenters. The first-order valence-corrected chi connectivity index (χ1v) is 25.5. The number of hydrogen-bond acceptors (Lipinski definition) is 18. The summed E-state index contributed by atoms with van der Waals surface area (Å²) in [5.74, 6) is -10.1. The third-order valence-corrected chi connectivity index (χ3v) is 11.0. The molecule has 0 aromatic heterocycles. The van der Waals surface area contributed by atoms with Crippen molar-refractivity contribution >= 4 is 58.8 Å². The number of aromatic carboxylic acids is 6. The van der Waals surface area contributed by atoms with Gasteiger partial charge >= 0.3 is 58.8 Å². The van der Waals surface area contributed by atoms with E-state index in [0.717, 1.165) is 48.7 Å². The Morgan fingerprint density at radius 3 is 1.12 bits per heavy atom. The lowest BCUT2D eigenvalue weighted by Crippen LogP contribution is -2.00. The topological polar surface area (TPSA) is 492 Å². The second-order valence-electron chi connectivity index (χ2n) is 17.9. The summed E-state index contributed by atoms with van der Waals surface area (Å²) in [4.78, 5) is 101. The number of aryl methyl sites for hydroxylation is 3. The van der Waals surface area contributed by atoms with Gasteiger partial charge in [0.1, 0.15) is 28.2 Å². The summed E-state index contributed by atoms with van der Waals surface area (Å²) in [6, 6.07) is 25.5. The lowest BCUT2D eigenvalue weighted by atomic mass is 10.1. The number of carboxylic acids is 7. The first-order chi connectivity index (χ1) is 40.3. The third-order valence-electron chi connectivity index (χ3n) is 11.0. The maximum absolute atomic E-state index is 10.6. The number of phenols is 5. The summed E-state index contributed by atoms with van der Waals surface area (Å²) in [6.07, 6.45) is 12.9. The van der Waals surface area contributed by atoms with Crippen LogP contribution in [0.25, 0.3) is 0 Å². The fourth-order valence-corrected chi connectivity index (χ4v) is 6.68. The van der Waals surface area contributed by atoms with Gasteiger partial charge in [0.2, 0.25) is 11.5 Å². The predicted molar refractivity (Wildman–Crippen MR) is 307 cm³/mol. The molecule has 0 aliphatic heterocycles. The first kappa shape index (κ1) is 74.8. The van der Waals surface area contributed by atoms with Gasteiger partial charge in [0.25, 0.3) is 0 Å². The summed E-state index contributed by atoms with van der Waals surface area (Å²) in [7, 11) is 0. The normalized spacial score (nSPS) is 9.67. The van der Waals surface area contributed by atoms with E-state index >= 15 is 0 Å². The molecule has 28 heteroatoms. The zero-order valence-electron chi connectivity index (χ0n) is 46.8. The number of nitro benzene ring substituents is 3. The molecule has 0 aliphatic carbocycles. The maximum Gasteiger partial charge on any atom is 0.339 e. The lowest BCUT2D eigenvalue weighted by Gasteiger charge is -2.01. The van der Waals surface area contributed by atoms with Gasteiger partial charge in [0.15, 0.2) is 5.75 Å². The Bertz CT molecular complexity index is 3140. The number of nitro groups is 3. The van der Waals surface area contributed by atoms with E-state index in [1.165, 1.54) is 114 Å². The number of unbranched alkanes of at least 4 members (excludes halogenated alkanes) is 9. The van der Waals surface area contributed by atoms with Crippen molar-refractivity contribution < 1.29 is 110 Å². The van der Waals surface area contributed by atoms with E-state index in [-0.39, 0.29) is 28.2 Å². The largest absolute Gasteiger partial charge is 0.508 e. The summed E-state index contributed by atoms with van der Waals surface area (Å²) in [5.41, 5.74) is -0.695. The first-order valence-electron chi connectivity index (χ1n) is 25.5. The maximum atomic E-state index is 10.6. The average Bonchev–Trinajstić information content (AvgIpc) is 2.62. The van der Waals surface area contributed by atoms with E-state index < -0.39 is 102 Å². The second kappa shape index (κ2) is 39.3. The number of benzene rings is 6. The van der Waals surface area contributed by atoms with Gasteiger partial charge in [-0.15, -0.1) is 0 Å². The Morgan fingerprint density at radius 2 is 0.767 bits per heavy atom.